The molecule has 0 heterocycles. The standard InChI is InChI=1S/2C17H11.C13H10.2ClH.Zr/c2*1-2-6-15-12(4-1)8-10-14-11-9-13-5-3-7-16(13)17(14)15;1-3-7-12(8-4-1)11-13-9-5-2-6-10-13;;;/h2*1-11H;1-10H;2*1H;/q;;;;;+2/p-2. The van der Waals surface area contributed by atoms with Crippen molar-refractivity contribution in [2.24, 2.45) is 0 Å². The van der Waals surface area contributed by atoms with Gasteiger partial charge < -0.3 is 24.8 Å². The molecule has 0 fully saturated rings. The van der Waals surface area contributed by atoms with Crippen molar-refractivity contribution in [3.05, 3.63) is 203 Å². The van der Waals surface area contributed by atoms with E-state index in [1.807, 2.05) is 0 Å². The molecule has 8 aromatic rings. The first-order valence-corrected chi connectivity index (χ1v) is 21.0. The summed E-state index contributed by atoms with van der Waals surface area (Å²) in [4.78, 5) is 0. The molecule has 2 atom stereocenters. The number of allylic oxidation sites excluding steroid dienone is 2. The van der Waals surface area contributed by atoms with Crippen LogP contribution in [0.4, 0.5) is 0 Å². The molecule has 238 valence electrons. The van der Waals surface area contributed by atoms with E-state index in [0.717, 1.165) is 0 Å². The van der Waals surface area contributed by atoms with E-state index < -0.39 is 21.3 Å². The summed E-state index contributed by atoms with van der Waals surface area (Å²) >= 11 is -2.91. The van der Waals surface area contributed by atoms with E-state index in [-0.39, 0.29) is 24.8 Å². The van der Waals surface area contributed by atoms with Crippen LogP contribution in [0.15, 0.2) is 170 Å². The molecule has 0 aliphatic heterocycles. The van der Waals surface area contributed by atoms with Crippen molar-refractivity contribution >= 4 is 58.4 Å². The van der Waals surface area contributed by atoms with E-state index in [0.29, 0.717) is 7.25 Å². The van der Waals surface area contributed by atoms with Gasteiger partial charge in [-0.25, -0.2) is 0 Å². The molecule has 0 bridgehead atoms. The van der Waals surface area contributed by atoms with Gasteiger partial charge in [-0.15, -0.1) is 0 Å². The molecule has 8 aromatic carbocycles. The fourth-order valence-electron chi connectivity index (χ4n) is 8.57. The van der Waals surface area contributed by atoms with Gasteiger partial charge in [-0.2, -0.15) is 0 Å². The molecule has 0 saturated carbocycles. The predicted molar refractivity (Wildman–Crippen MR) is 203 cm³/mol. The van der Waals surface area contributed by atoms with Crippen molar-refractivity contribution in [2.45, 2.75) is 7.25 Å². The molecule has 0 aromatic heterocycles. The summed E-state index contributed by atoms with van der Waals surface area (Å²) in [5.74, 6) is 0. The van der Waals surface area contributed by atoms with Crippen LogP contribution in [-0.2, 0) is 21.3 Å². The first-order valence-electron chi connectivity index (χ1n) is 16.9. The van der Waals surface area contributed by atoms with Gasteiger partial charge in [0.25, 0.3) is 0 Å². The first-order chi connectivity index (χ1) is 23.8. The third kappa shape index (κ3) is 5.18. The molecule has 0 N–H and O–H groups in total. The molecule has 50 heavy (non-hydrogen) atoms. The number of rotatable bonds is 4. The maximum absolute atomic E-state index is 2.91. The summed E-state index contributed by atoms with van der Waals surface area (Å²) in [5, 5.41) is 10.9. The SMILES string of the molecule is C1=C[CH]([Zr+2](=[C](c2ccccc2)c2ccccc2)[CH]2C=Cc3ccc4ccc5ccccc5c4c32)c2c1ccc1ccc3ccccc3c21.[Cl-].[Cl-]. The van der Waals surface area contributed by atoms with Gasteiger partial charge in [-0.05, 0) is 0 Å². The second-order valence-electron chi connectivity index (χ2n) is 13.1. The minimum atomic E-state index is -2.91. The van der Waals surface area contributed by atoms with Crippen LogP contribution in [0.5, 0.6) is 0 Å². The van der Waals surface area contributed by atoms with Crippen molar-refractivity contribution in [3.63, 3.8) is 0 Å². The van der Waals surface area contributed by atoms with Gasteiger partial charge in [-0.3, -0.25) is 0 Å². The molecule has 2 unspecified atom stereocenters. The largest absolute Gasteiger partial charge is 1.00 e. The minimum Gasteiger partial charge on any atom is -1.00 e. The van der Waals surface area contributed by atoms with Crippen molar-refractivity contribution in [1.29, 1.82) is 0 Å². The Labute approximate surface area is 312 Å². The van der Waals surface area contributed by atoms with Gasteiger partial charge in [0.15, 0.2) is 0 Å². The zero-order valence-corrected chi connectivity index (χ0v) is 31.2. The third-order valence-electron chi connectivity index (χ3n) is 10.6. The molecule has 3 heteroatoms. The third-order valence-corrected chi connectivity index (χ3v) is 19.1. The fourth-order valence-corrected chi connectivity index (χ4v) is 18.1. The maximum atomic E-state index is 2.60. The van der Waals surface area contributed by atoms with Gasteiger partial charge in [0.05, 0.1) is 0 Å². The van der Waals surface area contributed by atoms with Crippen LogP contribution in [0.3, 0.4) is 0 Å². The van der Waals surface area contributed by atoms with E-state index in [1.54, 1.807) is 3.21 Å². The fraction of sp³-hybridized carbons (Fsp3) is 0.0426. The molecule has 0 spiro atoms. The second-order valence-corrected chi connectivity index (χ2v) is 19.7. The molecule has 0 saturated heterocycles. The van der Waals surface area contributed by atoms with E-state index in [2.05, 4.69) is 182 Å². The molecule has 0 nitrogen and oxygen atoms in total. The van der Waals surface area contributed by atoms with Crippen LogP contribution < -0.4 is 24.8 Å². The number of halogens is 2. The summed E-state index contributed by atoms with van der Waals surface area (Å²) < 4.78 is 2.31. The first kappa shape index (κ1) is 32.8. The van der Waals surface area contributed by atoms with Gasteiger partial charge in [0, 0.05) is 0 Å². The van der Waals surface area contributed by atoms with E-state index >= 15 is 0 Å². The molecular weight excluding hydrogens is 727 g/mol. The van der Waals surface area contributed by atoms with Crippen molar-refractivity contribution in [3.8, 4) is 0 Å². The van der Waals surface area contributed by atoms with E-state index in [9.17, 15) is 0 Å². The van der Waals surface area contributed by atoms with Crippen molar-refractivity contribution < 1.29 is 46.1 Å². The van der Waals surface area contributed by atoms with Gasteiger partial charge >= 0.3 is 290 Å². The topological polar surface area (TPSA) is 0 Å². The van der Waals surface area contributed by atoms with Crippen molar-refractivity contribution in [2.75, 3.05) is 0 Å². The smallest absolute Gasteiger partial charge is 1.00 e. The number of benzene rings is 8. The summed E-state index contributed by atoms with van der Waals surface area (Å²) in [6.07, 6.45) is 10.1. The average molecular weight is 759 g/mol. The minimum absolute atomic E-state index is 0. The summed E-state index contributed by atoms with van der Waals surface area (Å²) in [6.45, 7) is 0. The van der Waals surface area contributed by atoms with Gasteiger partial charge in [-0.1, -0.05) is 0 Å². The average Bonchev–Trinajstić information content (AvgIpc) is 3.79. The zero-order chi connectivity index (χ0) is 31.6. The predicted octanol–water partition coefficient (Wildman–Crippen LogP) is 6.03. The van der Waals surface area contributed by atoms with Crippen LogP contribution in [0.25, 0.3) is 55.2 Å². The number of hydrogen-bond donors (Lipinski definition) is 0. The van der Waals surface area contributed by atoms with Crippen LogP contribution in [-0.4, -0.2) is 3.21 Å². The maximum Gasteiger partial charge on any atom is -1.00 e. The Morgan fingerprint density at radius 3 is 1.22 bits per heavy atom. The van der Waals surface area contributed by atoms with Crippen LogP contribution >= 0.6 is 0 Å². The van der Waals surface area contributed by atoms with Crippen LogP contribution in [0.1, 0.15) is 40.6 Å². The van der Waals surface area contributed by atoms with Crippen LogP contribution in [0.2, 0.25) is 0 Å². The Balaban J connectivity index is 0.00000180. The summed E-state index contributed by atoms with van der Waals surface area (Å²) in [7, 11) is 0. The molecule has 10 rings (SSSR count). The Morgan fingerprint density at radius 2 is 0.760 bits per heavy atom. The molecule has 2 aliphatic rings. The molecular formula is C47H32Cl2Zr. The Hall–Kier alpha value is -4.39. The van der Waals surface area contributed by atoms with E-state index in [1.165, 1.54) is 76.5 Å². The second kappa shape index (κ2) is 13.4. The quantitative estimate of drug-likeness (QED) is 0.193. The van der Waals surface area contributed by atoms with Gasteiger partial charge in [0.1, 0.15) is 0 Å². The molecule has 0 radical (unpaired) electrons. The van der Waals surface area contributed by atoms with Crippen LogP contribution in [0, 0.1) is 0 Å². The molecule has 0 amide bonds. The number of hydrogen-bond acceptors (Lipinski definition) is 0. The van der Waals surface area contributed by atoms with E-state index in [4.69, 9.17) is 0 Å². The Bertz CT molecular complexity index is 2490. The summed E-state index contributed by atoms with van der Waals surface area (Å²) in [5.41, 5.74) is 8.58. The summed E-state index contributed by atoms with van der Waals surface area (Å²) in [6, 6.07) is 59.3. The number of fused-ring (bicyclic) bond motifs is 10. The zero-order valence-electron chi connectivity index (χ0n) is 27.2. The Morgan fingerprint density at radius 1 is 0.380 bits per heavy atom. The van der Waals surface area contributed by atoms with Gasteiger partial charge in [0.2, 0.25) is 0 Å². The monoisotopic (exact) mass is 756 g/mol. The Kier molecular flexibility index (Phi) is 8.78. The normalized spacial score (nSPS) is 15.3. The van der Waals surface area contributed by atoms with Crippen molar-refractivity contribution in [1.82, 2.24) is 0 Å². The molecule has 2 aliphatic carbocycles.